The molecule has 2 N–H and O–H groups in total. The van der Waals surface area contributed by atoms with Gasteiger partial charge in [-0.05, 0) is 24.8 Å². The minimum Gasteiger partial charge on any atom is -0.492 e. The summed E-state index contributed by atoms with van der Waals surface area (Å²) in [6, 6.07) is 2.61. The van der Waals surface area contributed by atoms with Gasteiger partial charge < -0.3 is 4.74 Å². The van der Waals surface area contributed by atoms with Gasteiger partial charge in [0.15, 0.2) is 0 Å². The molecule has 0 heterocycles. The summed E-state index contributed by atoms with van der Waals surface area (Å²) in [5, 5.41) is 5.23. The van der Waals surface area contributed by atoms with Crippen molar-refractivity contribution in [2.45, 2.75) is 24.2 Å². The lowest BCUT2D eigenvalue weighted by Crippen LogP contribution is -2.19. The molecule has 0 atom stereocenters. The van der Waals surface area contributed by atoms with E-state index in [1.54, 1.807) is 0 Å². The van der Waals surface area contributed by atoms with Crippen molar-refractivity contribution in [3.05, 3.63) is 22.2 Å². The first-order valence-electron chi connectivity index (χ1n) is 5.52. The largest absolute Gasteiger partial charge is 0.492 e. The zero-order valence-corrected chi connectivity index (χ0v) is 11.9. The van der Waals surface area contributed by atoms with Crippen molar-refractivity contribution in [3.63, 3.8) is 0 Å². The predicted molar refractivity (Wildman–Crippen MR) is 70.7 cm³/mol. The number of primary sulfonamides is 1. The number of rotatable bonds is 4. The van der Waals surface area contributed by atoms with Gasteiger partial charge >= 0.3 is 0 Å². The van der Waals surface area contributed by atoms with Gasteiger partial charge in [-0.3, -0.25) is 0 Å². The number of sulfonamides is 1. The fourth-order valence-electron chi connectivity index (χ4n) is 1.71. The van der Waals surface area contributed by atoms with E-state index in [-0.39, 0.29) is 14.9 Å². The van der Waals surface area contributed by atoms with Gasteiger partial charge in [-0.1, -0.05) is 29.6 Å². The average molecular weight is 310 g/mol. The molecule has 0 amide bonds. The van der Waals surface area contributed by atoms with Crippen LogP contribution in [0.3, 0.4) is 0 Å². The Morgan fingerprint density at radius 3 is 2.44 bits per heavy atom. The SMILES string of the molecule is NS(=O)(=O)c1cc(Cl)c(OCC2CCC2)cc1Cl. The van der Waals surface area contributed by atoms with E-state index < -0.39 is 10.0 Å². The van der Waals surface area contributed by atoms with E-state index in [9.17, 15) is 8.42 Å². The van der Waals surface area contributed by atoms with E-state index in [2.05, 4.69) is 0 Å². The zero-order valence-electron chi connectivity index (χ0n) is 9.53. The summed E-state index contributed by atoms with van der Waals surface area (Å²) in [6.45, 7) is 0.574. The molecule has 1 aliphatic rings. The van der Waals surface area contributed by atoms with Gasteiger partial charge in [0.1, 0.15) is 10.6 Å². The Hall–Kier alpha value is -0.490. The third-order valence-corrected chi connectivity index (χ3v) is 4.66. The molecule has 4 nitrogen and oxygen atoms in total. The highest BCUT2D eigenvalue weighted by molar-refractivity contribution is 7.89. The minimum atomic E-state index is -3.87. The van der Waals surface area contributed by atoms with Crippen molar-refractivity contribution in [1.29, 1.82) is 0 Å². The highest BCUT2D eigenvalue weighted by atomic mass is 35.5. The van der Waals surface area contributed by atoms with Crippen LogP contribution < -0.4 is 9.88 Å². The molecule has 1 aromatic rings. The quantitative estimate of drug-likeness (QED) is 0.929. The van der Waals surface area contributed by atoms with Gasteiger partial charge in [-0.25, -0.2) is 13.6 Å². The molecule has 0 saturated heterocycles. The van der Waals surface area contributed by atoms with E-state index >= 15 is 0 Å². The molecule has 1 aliphatic carbocycles. The monoisotopic (exact) mass is 309 g/mol. The van der Waals surface area contributed by atoms with Gasteiger partial charge in [0.2, 0.25) is 10.0 Å². The molecule has 0 aromatic heterocycles. The molecule has 0 spiro atoms. The number of ether oxygens (including phenoxy) is 1. The molecule has 2 rings (SSSR count). The molecular weight excluding hydrogens is 297 g/mol. The number of halogens is 2. The Balaban J connectivity index is 2.19. The van der Waals surface area contributed by atoms with Crippen LogP contribution in [0.4, 0.5) is 0 Å². The number of hydrogen-bond donors (Lipinski definition) is 1. The molecule has 1 saturated carbocycles. The third-order valence-electron chi connectivity index (χ3n) is 2.99. The fourth-order valence-corrected chi connectivity index (χ4v) is 3.08. The first-order valence-corrected chi connectivity index (χ1v) is 7.83. The van der Waals surface area contributed by atoms with Crippen LogP contribution in [0.5, 0.6) is 5.75 Å². The van der Waals surface area contributed by atoms with Crippen molar-refractivity contribution in [2.24, 2.45) is 11.1 Å². The van der Waals surface area contributed by atoms with Crippen LogP contribution in [0.25, 0.3) is 0 Å². The van der Waals surface area contributed by atoms with Crippen LogP contribution >= 0.6 is 23.2 Å². The maximum Gasteiger partial charge on any atom is 0.239 e. The average Bonchev–Trinajstić information content (AvgIpc) is 2.18. The van der Waals surface area contributed by atoms with E-state index in [4.69, 9.17) is 33.1 Å². The molecular formula is C11H13Cl2NO3S. The van der Waals surface area contributed by atoms with Gasteiger partial charge in [-0.2, -0.15) is 0 Å². The Morgan fingerprint density at radius 1 is 1.28 bits per heavy atom. The van der Waals surface area contributed by atoms with Crippen LogP contribution in [-0.4, -0.2) is 15.0 Å². The summed E-state index contributed by atoms with van der Waals surface area (Å²) in [4.78, 5) is -0.190. The fraction of sp³-hybridized carbons (Fsp3) is 0.455. The molecule has 0 radical (unpaired) electrons. The van der Waals surface area contributed by atoms with Crippen LogP contribution in [0.15, 0.2) is 17.0 Å². The summed E-state index contributed by atoms with van der Waals surface area (Å²) in [7, 11) is -3.87. The molecule has 0 aliphatic heterocycles. The lowest BCUT2D eigenvalue weighted by atomic mass is 9.86. The Bertz CT molecular complexity index is 556. The minimum absolute atomic E-state index is 0.0190. The van der Waals surface area contributed by atoms with Crippen molar-refractivity contribution in [2.75, 3.05) is 6.61 Å². The molecule has 1 fully saturated rings. The van der Waals surface area contributed by atoms with Crippen molar-refractivity contribution in [1.82, 2.24) is 0 Å². The summed E-state index contributed by atoms with van der Waals surface area (Å²) < 4.78 is 28.0. The molecule has 1 aromatic carbocycles. The summed E-state index contributed by atoms with van der Waals surface area (Å²) in [6.07, 6.45) is 3.54. The lowest BCUT2D eigenvalue weighted by molar-refractivity contribution is 0.180. The van der Waals surface area contributed by atoms with Gasteiger partial charge in [0, 0.05) is 6.07 Å². The maximum atomic E-state index is 11.2. The molecule has 0 bridgehead atoms. The highest BCUT2D eigenvalue weighted by Crippen LogP contribution is 2.34. The first kappa shape index (κ1) is 13.9. The molecule has 0 unspecified atom stereocenters. The van der Waals surface area contributed by atoms with Crippen LogP contribution in [0.2, 0.25) is 10.0 Å². The second-order valence-corrected chi connectivity index (χ2v) is 6.71. The number of benzene rings is 1. The second kappa shape index (κ2) is 5.25. The highest BCUT2D eigenvalue weighted by Gasteiger charge is 2.20. The Labute approximate surface area is 116 Å². The van der Waals surface area contributed by atoms with Crippen molar-refractivity contribution >= 4 is 33.2 Å². The van der Waals surface area contributed by atoms with Crippen molar-refractivity contribution in [3.8, 4) is 5.75 Å². The molecule has 100 valence electrons. The maximum absolute atomic E-state index is 11.2. The van der Waals surface area contributed by atoms with E-state index in [1.165, 1.54) is 18.6 Å². The Kier molecular flexibility index (Phi) is 4.06. The van der Waals surface area contributed by atoms with E-state index in [0.29, 0.717) is 18.3 Å². The van der Waals surface area contributed by atoms with Gasteiger partial charge in [0.05, 0.1) is 16.7 Å². The number of nitrogens with two attached hydrogens (primary N) is 1. The van der Waals surface area contributed by atoms with E-state index in [0.717, 1.165) is 12.8 Å². The standard InChI is InChI=1S/C11H13Cl2NO3S/c12-8-5-11(18(14,15)16)9(13)4-10(8)17-6-7-2-1-3-7/h4-5,7H,1-3,6H2,(H2,14,15,16). The summed E-state index contributed by atoms with van der Waals surface area (Å²) in [5.41, 5.74) is 0. The summed E-state index contributed by atoms with van der Waals surface area (Å²) in [5.74, 6) is 0.943. The topological polar surface area (TPSA) is 69.4 Å². The molecule has 7 heteroatoms. The lowest BCUT2D eigenvalue weighted by Gasteiger charge is -2.25. The normalized spacial score (nSPS) is 16.4. The van der Waals surface area contributed by atoms with Crippen LogP contribution in [-0.2, 0) is 10.0 Å². The first-order chi connectivity index (χ1) is 8.38. The summed E-state index contributed by atoms with van der Waals surface area (Å²) >= 11 is 11.8. The predicted octanol–water partition coefficient (Wildman–Crippen LogP) is 2.82. The smallest absolute Gasteiger partial charge is 0.239 e. The van der Waals surface area contributed by atoms with Gasteiger partial charge in [0.25, 0.3) is 0 Å². The zero-order chi connectivity index (χ0) is 13.3. The molecule has 18 heavy (non-hydrogen) atoms. The number of hydrogen-bond acceptors (Lipinski definition) is 3. The van der Waals surface area contributed by atoms with E-state index in [1.807, 2.05) is 0 Å². The van der Waals surface area contributed by atoms with Crippen LogP contribution in [0, 0.1) is 5.92 Å². The van der Waals surface area contributed by atoms with Crippen molar-refractivity contribution < 1.29 is 13.2 Å². The van der Waals surface area contributed by atoms with Gasteiger partial charge in [-0.15, -0.1) is 0 Å². The van der Waals surface area contributed by atoms with Crippen LogP contribution in [0.1, 0.15) is 19.3 Å². The third kappa shape index (κ3) is 3.09. The second-order valence-electron chi connectivity index (χ2n) is 4.37. The Morgan fingerprint density at radius 2 is 1.94 bits per heavy atom.